The Bertz CT molecular complexity index is 2330. The molecule has 278 valence electrons. The van der Waals surface area contributed by atoms with E-state index in [4.69, 9.17) is 9.47 Å². The van der Waals surface area contributed by atoms with Gasteiger partial charge in [-0.05, 0) is 97.8 Å². The van der Waals surface area contributed by atoms with Crippen molar-refractivity contribution in [2.75, 3.05) is 24.2 Å². The van der Waals surface area contributed by atoms with Crippen LogP contribution in [0.3, 0.4) is 0 Å². The maximum atomic E-state index is 13.1. The molecule has 0 aliphatic carbocycles. The summed E-state index contributed by atoms with van der Waals surface area (Å²) >= 11 is 0. The molecule has 0 fully saturated rings. The standard InChI is InChI=1S/C34H30N8O10S2/c1-19-31(33(43)41(39-19)23-7-11-25(12-8-23)53(45,46)47)37-35-27-15-5-21(17-29(27)51-3)22-6-16-28(30(18-22)52-4)36-38-32-20(2)40-42(34(32)44)24-9-13-26(14-10-24)54(48,49)50/h5-18,31-32H,1-4H3,(H,45,46,47)(H,48,49,50). The van der Waals surface area contributed by atoms with Crippen molar-refractivity contribution in [1.29, 1.82) is 0 Å². The third-order valence-corrected chi connectivity index (χ3v) is 9.94. The van der Waals surface area contributed by atoms with E-state index in [9.17, 15) is 35.5 Å². The lowest BCUT2D eigenvalue weighted by molar-refractivity contribution is -0.118. The molecule has 2 heterocycles. The summed E-state index contributed by atoms with van der Waals surface area (Å²) in [7, 11) is -5.89. The van der Waals surface area contributed by atoms with Crippen molar-refractivity contribution in [2.24, 2.45) is 30.7 Å². The lowest BCUT2D eigenvalue weighted by Gasteiger charge is -2.13. The van der Waals surface area contributed by atoms with Crippen molar-refractivity contribution in [2.45, 2.75) is 35.7 Å². The fourth-order valence-corrected chi connectivity index (χ4v) is 6.35. The van der Waals surface area contributed by atoms with Crippen LogP contribution in [0.15, 0.2) is 125 Å². The summed E-state index contributed by atoms with van der Waals surface area (Å²) in [4.78, 5) is 25.7. The quantitative estimate of drug-likeness (QED) is 0.141. The molecule has 2 unspecified atom stereocenters. The molecule has 18 nitrogen and oxygen atoms in total. The molecular weight excluding hydrogens is 745 g/mol. The number of hydrazone groups is 2. The number of nitrogens with zero attached hydrogens (tertiary/aromatic N) is 8. The number of hydrogen-bond acceptors (Lipinski definition) is 14. The van der Waals surface area contributed by atoms with Crippen LogP contribution in [-0.2, 0) is 29.8 Å². The number of amides is 2. The van der Waals surface area contributed by atoms with E-state index in [1.54, 1.807) is 50.2 Å². The van der Waals surface area contributed by atoms with E-state index in [0.29, 0.717) is 45.4 Å². The van der Waals surface area contributed by atoms with Crippen molar-refractivity contribution in [1.82, 2.24) is 0 Å². The molecule has 2 N–H and O–H groups in total. The Morgan fingerprint density at radius 3 is 1.26 bits per heavy atom. The van der Waals surface area contributed by atoms with Crippen LogP contribution < -0.4 is 19.5 Å². The summed E-state index contributed by atoms with van der Waals surface area (Å²) < 4.78 is 75.1. The molecule has 6 rings (SSSR count). The van der Waals surface area contributed by atoms with Gasteiger partial charge in [-0.25, -0.2) is 0 Å². The van der Waals surface area contributed by atoms with Gasteiger partial charge in [-0.2, -0.15) is 57.5 Å². The first-order valence-electron chi connectivity index (χ1n) is 15.7. The summed E-state index contributed by atoms with van der Waals surface area (Å²) in [6.07, 6.45) is 0. The van der Waals surface area contributed by atoms with Crippen molar-refractivity contribution in [3.05, 3.63) is 84.9 Å². The lowest BCUT2D eigenvalue weighted by atomic mass is 10.0. The van der Waals surface area contributed by atoms with Crippen LogP contribution in [0.5, 0.6) is 11.5 Å². The van der Waals surface area contributed by atoms with Crippen LogP contribution in [0, 0.1) is 0 Å². The largest absolute Gasteiger partial charge is 0.494 e. The number of anilines is 2. The van der Waals surface area contributed by atoms with Gasteiger partial charge < -0.3 is 9.47 Å². The second kappa shape index (κ2) is 14.7. The van der Waals surface area contributed by atoms with Crippen LogP contribution in [0.4, 0.5) is 22.7 Å². The summed E-state index contributed by atoms with van der Waals surface area (Å²) in [5.41, 5.74) is 3.36. The van der Waals surface area contributed by atoms with Crippen molar-refractivity contribution >= 4 is 66.2 Å². The third kappa shape index (κ3) is 7.62. The zero-order valence-electron chi connectivity index (χ0n) is 28.8. The number of carbonyl (C=O) groups is 2. The van der Waals surface area contributed by atoms with Crippen LogP contribution in [0.2, 0.25) is 0 Å². The number of rotatable bonds is 11. The van der Waals surface area contributed by atoms with E-state index < -0.39 is 44.1 Å². The minimum atomic E-state index is -4.40. The Balaban J connectivity index is 1.16. The van der Waals surface area contributed by atoms with Crippen molar-refractivity contribution in [3.8, 4) is 22.6 Å². The molecule has 4 aromatic carbocycles. The van der Waals surface area contributed by atoms with Crippen LogP contribution >= 0.6 is 0 Å². The van der Waals surface area contributed by atoms with Gasteiger partial charge in [-0.1, -0.05) is 12.1 Å². The van der Waals surface area contributed by atoms with E-state index in [2.05, 4.69) is 30.7 Å². The first kappa shape index (κ1) is 37.5. The van der Waals surface area contributed by atoms with Crippen LogP contribution in [0.1, 0.15) is 13.8 Å². The highest BCUT2D eigenvalue weighted by Crippen LogP contribution is 2.38. The van der Waals surface area contributed by atoms with Gasteiger partial charge in [0.2, 0.25) is 0 Å². The minimum absolute atomic E-state index is 0.279. The predicted molar refractivity (Wildman–Crippen MR) is 195 cm³/mol. The van der Waals surface area contributed by atoms with Crippen molar-refractivity contribution in [3.63, 3.8) is 0 Å². The second-order valence-corrected chi connectivity index (χ2v) is 14.6. The third-order valence-electron chi connectivity index (χ3n) is 8.21. The fourth-order valence-electron chi connectivity index (χ4n) is 5.39. The molecule has 20 heteroatoms. The molecule has 4 aromatic rings. The summed E-state index contributed by atoms with van der Waals surface area (Å²) in [6.45, 7) is 3.22. The van der Waals surface area contributed by atoms with Crippen LogP contribution in [0.25, 0.3) is 11.1 Å². The topological polar surface area (TPSA) is 242 Å². The first-order chi connectivity index (χ1) is 25.6. The van der Waals surface area contributed by atoms with E-state index >= 15 is 0 Å². The van der Waals surface area contributed by atoms with Gasteiger partial charge >= 0.3 is 0 Å². The normalized spacial score (nSPS) is 17.8. The van der Waals surface area contributed by atoms with Crippen LogP contribution in [-0.4, -0.2) is 75.5 Å². The van der Waals surface area contributed by atoms with E-state index in [-0.39, 0.29) is 21.2 Å². The molecule has 0 spiro atoms. The highest BCUT2D eigenvalue weighted by Gasteiger charge is 2.36. The van der Waals surface area contributed by atoms with Gasteiger partial charge in [0.25, 0.3) is 32.1 Å². The molecule has 2 amide bonds. The maximum Gasteiger partial charge on any atom is 0.294 e. The second-order valence-electron chi connectivity index (χ2n) is 11.7. The molecule has 2 atom stereocenters. The zero-order chi connectivity index (χ0) is 38.9. The SMILES string of the molecule is COc1cc(-c2ccc(N=NC3C(=O)N(c4ccc(S(=O)(=O)O)cc4)N=C3C)c(OC)c2)ccc1N=NC1C(=O)N(c2ccc(S(=O)(=O)O)cc2)N=C1C. The molecule has 54 heavy (non-hydrogen) atoms. The fraction of sp³-hybridized carbons (Fsp3) is 0.176. The first-order valence-corrected chi connectivity index (χ1v) is 18.6. The van der Waals surface area contributed by atoms with Gasteiger partial charge in [0.05, 0.1) is 46.8 Å². The zero-order valence-corrected chi connectivity index (χ0v) is 30.4. The molecule has 0 saturated heterocycles. The average molecular weight is 775 g/mol. The smallest absolute Gasteiger partial charge is 0.294 e. The van der Waals surface area contributed by atoms with Gasteiger partial charge in [-0.3, -0.25) is 18.7 Å². The van der Waals surface area contributed by atoms with E-state index in [1.165, 1.54) is 38.5 Å². The number of methoxy groups -OCH3 is 2. The Kier molecular flexibility index (Phi) is 10.2. The summed E-state index contributed by atoms with van der Waals surface area (Å²) in [5.74, 6) is -0.325. The van der Waals surface area contributed by atoms with Crippen molar-refractivity contribution < 1.29 is 45.0 Å². The number of benzene rings is 4. The molecule has 0 bridgehead atoms. The number of hydrogen-bond donors (Lipinski definition) is 2. The Morgan fingerprint density at radius 2 is 0.944 bits per heavy atom. The average Bonchev–Trinajstić information content (AvgIpc) is 3.60. The molecule has 2 aliphatic heterocycles. The molecule has 0 radical (unpaired) electrons. The summed E-state index contributed by atoms with van der Waals surface area (Å²) in [5, 5.41) is 27.6. The Labute approximate surface area is 308 Å². The molecule has 0 aromatic heterocycles. The monoisotopic (exact) mass is 774 g/mol. The molecule has 2 aliphatic rings. The van der Waals surface area contributed by atoms with Gasteiger partial charge in [0.1, 0.15) is 22.9 Å². The van der Waals surface area contributed by atoms with Gasteiger partial charge in [0.15, 0.2) is 12.1 Å². The highest BCUT2D eigenvalue weighted by molar-refractivity contribution is 7.86. The number of azo groups is 2. The molecular formula is C34H30N8O10S2. The maximum absolute atomic E-state index is 13.1. The van der Waals surface area contributed by atoms with E-state index in [0.717, 1.165) is 34.3 Å². The molecule has 0 saturated carbocycles. The lowest BCUT2D eigenvalue weighted by Crippen LogP contribution is -2.29. The number of ether oxygens (including phenoxy) is 2. The van der Waals surface area contributed by atoms with Gasteiger partial charge in [-0.15, -0.1) is 0 Å². The Hall–Kier alpha value is -6.22. The summed E-state index contributed by atoms with van der Waals surface area (Å²) in [6, 6.07) is 18.2. The number of carbonyl (C=O) groups excluding carboxylic acids is 2. The Morgan fingerprint density at radius 1 is 0.593 bits per heavy atom. The predicted octanol–water partition coefficient (Wildman–Crippen LogP) is 5.61. The van der Waals surface area contributed by atoms with E-state index in [1.807, 2.05) is 0 Å². The minimum Gasteiger partial charge on any atom is -0.494 e. The van der Waals surface area contributed by atoms with Gasteiger partial charge in [0, 0.05) is 0 Å². The highest BCUT2D eigenvalue weighted by atomic mass is 32.2.